The standard InChI is InChI=1S/C10H12N2O3S/c1-11-10(15)12-4-2-7-6(3-5-16-7)8(12)9(13)14/h3,5,8H,2,4H2,1H3,(H,11,15)(H,13,14). The fourth-order valence-electron chi connectivity index (χ4n) is 1.95. The van der Waals surface area contributed by atoms with Crippen LogP contribution in [0.15, 0.2) is 11.4 Å². The number of rotatable bonds is 1. The van der Waals surface area contributed by atoms with Crippen molar-refractivity contribution in [3.63, 3.8) is 0 Å². The highest BCUT2D eigenvalue weighted by atomic mass is 32.1. The summed E-state index contributed by atoms with van der Waals surface area (Å²) in [6.45, 7) is 0.449. The first-order chi connectivity index (χ1) is 7.65. The van der Waals surface area contributed by atoms with Gasteiger partial charge in [-0.2, -0.15) is 0 Å². The first-order valence-corrected chi connectivity index (χ1v) is 5.80. The summed E-state index contributed by atoms with van der Waals surface area (Å²) in [5.41, 5.74) is 0.743. The molecule has 1 aliphatic rings. The highest BCUT2D eigenvalue weighted by molar-refractivity contribution is 7.10. The summed E-state index contributed by atoms with van der Waals surface area (Å²) in [6.07, 6.45) is 0.726. The molecule has 5 nitrogen and oxygen atoms in total. The average Bonchev–Trinajstić information content (AvgIpc) is 2.73. The number of carbonyl (C=O) groups excluding carboxylic acids is 1. The van der Waals surface area contributed by atoms with Crippen molar-refractivity contribution in [2.24, 2.45) is 0 Å². The molecule has 2 heterocycles. The zero-order chi connectivity index (χ0) is 11.7. The van der Waals surface area contributed by atoms with Gasteiger partial charge in [0, 0.05) is 18.5 Å². The highest BCUT2D eigenvalue weighted by Crippen LogP contribution is 2.33. The van der Waals surface area contributed by atoms with Crippen LogP contribution in [0.25, 0.3) is 0 Å². The predicted octanol–water partition coefficient (Wildman–Crippen LogP) is 1.07. The number of nitrogens with zero attached hydrogens (tertiary/aromatic N) is 1. The van der Waals surface area contributed by atoms with Crippen molar-refractivity contribution in [1.29, 1.82) is 0 Å². The molecule has 1 aliphatic heterocycles. The average molecular weight is 240 g/mol. The molecule has 0 saturated heterocycles. The lowest BCUT2D eigenvalue weighted by Crippen LogP contribution is -2.46. The summed E-state index contributed by atoms with van der Waals surface area (Å²) in [7, 11) is 1.50. The Morgan fingerprint density at radius 1 is 1.62 bits per heavy atom. The van der Waals surface area contributed by atoms with E-state index >= 15 is 0 Å². The lowest BCUT2D eigenvalue weighted by atomic mass is 10.0. The van der Waals surface area contributed by atoms with Crippen molar-refractivity contribution in [2.75, 3.05) is 13.6 Å². The van der Waals surface area contributed by atoms with Gasteiger partial charge in [-0.3, -0.25) is 0 Å². The molecule has 6 heteroatoms. The van der Waals surface area contributed by atoms with E-state index in [4.69, 9.17) is 0 Å². The number of amides is 2. The second kappa shape index (κ2) is 4.13. The molecule has 1 aromatic rings. The maximum Gasteiger partial charge on any atom is 0.331 e. The van der Waals surface area contributed by atoms with Crippen LogP contribution in [0.5, 0.6) is 0 Å². The van der Waals surface area contributed by atoms with Gasteiger partial charge in [-0.15, -0.1) is 11.3 Å². The molecular weight excluding hydrogens is 228 g/mol. The summed E-state index contributed by atoms with van der Waals surface area (Å²) in [5, 5.41) is 13.5. The molecule has 16 heavy (non-hydrogen) atoms. The van der Waals surface area contributed by atoms with Crippen LogP contribution in [0, 0.1) is 0 Å². The molecule has 2 rings (SSSR count). The van der Waals surface area contributed by atoms with E-state index in [-0.39, 0.29) is 6.03 Å². The Hall–Kier alpha value is -1.56. The second-order valence-corrected chi connectivity index (χ2v) is 4.54. The summed E-state index contributed by atoms with van der Waals surface area (Å²) in [4.78, 5) is 25.2. The number of carboxylic acid groups (broad SMARTS) is 1. The largest absolute Gasteiger partial charge is 0.479 e. The number of urea groups is 1. The maximum absolute atomic E-state index is 11.6. The minimum atomic E-state index is -0.983. The van der Waals surface area contributed by atoms with E-state index in [1.165, 1.54) is 11.9 Å². The van der Waals surface area contributed by atoms with Gasteiger partial charge < -0.3 is 15.3 Å². The van der Waals surface area contributed by atoms with Gasteiger partial charge in [0.1, 0.15) is 0 Å². The van der Waals surface area contributed by atoms with Gasteiger partial charge in [-0.25, -0.2) is 9.59 Å². The van der Waals surface area contributed by atoms with E-state index < -0.39 is 12.0 Å². The molecule has 1 unspecified atom stereocenters. The molecule has 0 fully saturated rings. The fraction of sp³-hybridized carbons (Fsp3) is 0.400. The van der Waals surface area contributed by atoms with Gasteiger partial charge in [0.05, 0.1) is 0 Å². The van der Waals surface area contributed by atoms with Crippen molar-refractivity contribution in [3.05, 3.63) is 21.9 Å². The van der Waals surface area contributed by atoms with E-state index in [0.717, 1.165) is 16.9 Å². The Labute approximate surface area is 96.7 Å². The van der Waals surface area contributed by atoms with Crippen LogP contribution < -0.4 is 5.32 Å². The third-order valence-electron chi connectivity index (χ3n) is 2.67. The molecular formula is C10H12N2O3S. The lowest BCUT2D eigenvalue weighted by Gasteiger charge is -2.32. The normalized spacial score (nSPS) is 19.1. The summed E-state index contributed by atoms with van der Waals surface area (Å²) >= 11 is 1.55. The number of nitrogens with one attached hydrogen (secondary N) is 1. The van der Waals surface area contributed by atoms with Crippen molar-refractivity contribution in [1.82, 2.24) is 10.2 Å². The zero-order valence-electron chi connectivity index (χ0n) is 8.77. The number of hydrogen-bond acceptors (Lipinski definition) is 3. The Kier molecular flexibility index (Phi) is 2.82. The number of thiophene rings is 1. The van der Waals surface area contributed by atoms with E-state index in [0.29, 0.717) is 6.54 Å². The summed E-state index contributed by atoms with van der Waals surface area (Å²) in [6, 6.07) is 0.590. The molecule has 2 N–H and O–H groups in total. The summed E-state index contributed by atoms with van der Waals surface area (Å²) in [5.74, 6) is -0.983. The van der Waals surface area contributed by atoms with Gasteiger partial charge in [-0.1, -0.05) is 0 Å². The van der Waals surface area contributed by atoms with Crippen LogP contribution in [0.1, 0.15) is 16.5 Å². The molecule has 0 aliphatic carbocycles. The van der Waals surface area contributed by atoms with Gasteiger partial charge in [0.2, 0.25) is 0 Å². The minimum absolute atomic E-state index is 0.343. The Morgan fingerprint density at radius 3 is 3.00 bits per heavy atom. The SMILES string of the molecule is CNC(=O)N1CCc2sccc2C1C(=O)O. The van der Waals surface area contributed by atoms with E-state index in [1.54, 1.807) is 17.4 Å². The van der Waals surface area contributed by atoms with Crippen LogP contribution >= 0.6 is 11.3 Å². The number of carbonyl (C=O) groups is 2. The van der Waals surface area contributed by atoms with Crippen LogP contribution in [0.4, 0.5) is 4.79 Å². The first kappa shape index (κ1) is 10.9. The summed E-state index contributed by atoms with van der Waals surface area (Å²) < 4.78 is 0. The molecule has 0 spiro atoms. The molecule has 2 amide bonds. The molecule has 1 atom stereocenters. The number of hydrogen-bond donors (Lipinski definition) is 2. The van der Waals surface area contributed by atoms with Crippen LogP contribution in [-0.4, -0.2) is 35.6 Å². The fourth-order valence-corrected chi connectivity index (χ4v) is 2.85. The number of fused-ring (bicyclic) bond motifs is 1. The second-order valence-electron chi connectivity index (χ2n) is 3.54. The van der Waals surface area contributed by atoms with E-state index in [1.807, 2.05) is 5.38 Å². The number of aliphatic carboxylic acids is 1. The monoisotopic (exact) mass is 240 g/mol. The molecule has 0 bridgehead atoms. The van der Waals surface area contributed by atoms with Crippen LogP contribution in [0.2, 0.25) is 0 Å². The number of carboxylic acids is 1. The molecule has 0 radical (unpaired) electrons. The van der Waals surface area contributed by atoms with Gasteiger partial charge >= 0.3 is 12.0 Å². The lowest BCUT2D eigenvalue weighted by molar-refractivity contribution is -0.142. The van der Waals surface area contributed by atoms with Crippen LogP contribution in [-0.2, 0) is 11.2 Å². The van der Waals surface area contributed by atoms with E-state index in [9.17, 15) is 14.7 Å². The predicted molar refractivity (Wildman–Crippen MR) is 59.6 cm³/mol. The van der Waals surface area contributed by atoms with Crippen LogP contribution in [0.3, 0.4) is 0 Å². The van der Waals surface area contributed by atoms with Gasteiger partial charge in [-0.05, 0) is 23.4 Å². The first-order valence-electron chi connectivity index (χ1n) is 4.92. The van der Waals surface area contributed by atoms with Crippen molar-refractivity contribution in [2.45, 2.75) is 12.5 Å². The highest BCUT2D eigenvalue weighted by Gasteiger charge is 2.36. The Morgan fingerprint density at radius 2 is 2.38 bits per heavy atom. The topological polar surface area (TPSA) is 69.6 Å². The van der Waals surface area contributed by atoms with Crippen molar-refractivity contribution < 1.29 is 14.7 Å². The Bertz CT molecular complexity index is 429. The zero-order valence-corrected chi connectivity index (χ0v) is 9.58. The van der Waals surface area contributed by atoms with Gasteiger partial charge in [0.15, 0.2) is 6.04 Å². The smallest absolute Gasteiger partial charge is 0.331 e. The molecule has 0 aromatic carbocycles. The maximum atomic E-state index is 11.6. The van der Waals surface area contributed by atoms with Crippen molar-refractivity contribution >= 4 is 23.3 Å². The molecule has 1 aromatic heterocycles. The molecule has 86 valence electrons. The Balaban J connectivity index is 2.38. The van der Waals surface area contributed by atoms with E-state index in [2.05, 4.69) is 5.32 Å². The quantitative estimate of drug-likeness (QED) is 0.771. The minimum Gasteiger partial charge on any atom is -0.479 e. The van der Waals surface area contributed by atoms with Crippen molar-refractivity contribution in [3.8, 4) is 0 Å². The van der Waals surface area contributed by atoms with Gasteiger partial charge in [0.25, 0.3) is 0 Å². The third-order valence-corrected chi connectivity index (χ3v) is 3.67. The third kappa shape index (κ3) is 1.65. The molecule has 0 saturated carbocycles.